The molecule has 1 atom stereocenters. The first-order valence-electron chi connectivity index (χ1n) is 4.92. The number of nitrogens with two attached hydrogens (primary N) is 1. The van der Waals surface area contributed by atoms with Crippen LogP contribution in [0.3, 0.4) is 0 Å². The summed E-state index contributed by atoms with van der Waals surface area (Å²) < 4.78 is 5.94. The third-order valence-electron chi connectivity index (χ3n) is 2.17. The molecule has 2 aromatic rings. The molecule has 0 aliphatic heterocycles. The molecule has 0 saturated heterocycles. The van der Waals surface area contributed by atoms with Crippen LogP contribution in [0.5, 0.6) is 0 Å². The number of hydrogen-bond acceptors (Lipinski definition) is 5. The lowest BCUT2D eigenvalue weighted by atomic mass is 10.2. The minimum absolute atomic E-state index is 0.194. The van der Waals surface area contributed by atoms with Gasteiger partial charge in [-0.1, -0.05) is 12.1 Å². The van der Waals surface area contributed by atoms with Crippen molar-refractivity contribution in [2.45, 2.75) is 19.4 Å². The first-order chi connectivity index (χ1) is 7.72. The van der Waals surface area contributed by atoms with Gasteiger partial charge in [-0.25, -0.2) is 4.98 Å². The fraction of sp³-hybridized carbons (Fsp3) is 0.300. The highest BCUT2D eigenvalue weighted by Crippen LogP contribution is 2.24. The Hall–Kier alpha value is -1.27. The number of pyridine rings is 1. The van der Waals surface area contributed by atoms with Gasteiger partial charge in [0.15, 0.2) is 5.82 Å². The van der Waals surface area contributed by atoms with Crippen molar-refractivity contribution in [2.75, 3.05) is 0 Å². The maximum absolute atomic E-state index is 5.81. The third-order valence-corrected chi connectivity index (χ3v) is 2.81. The van der Waals surface area contributed by atoms with Gasteiger partial charge < -0.3 is 10.3 Å². The van der Waals surface area contributed by atoms with Crippen LogP contribution in [-0.2, 0) is 0 Å². The summed E-state index contributed by atoms with van der Waals surface area (Å²) in [4.78, 5) is 8.38. The summed E-state index contributed by atoms with van der Waals surface area (Å²) >= 11 is 3.37. The summed E-state index contributed by atoms with van der Waals surface area (Å²) in [6, 6.07) is 3.49. The molecular weight excluding hydrogens is 272 g/mol. The fourth-order valence-electron chi connectivity index (χ4n) is 1.21. The van der Waals surface area contributed by atoms with Crippen LogP contribution < -0.4 is 5.73 Å². The van der Waals surface area contributed by atoms with Crippen LogP contribution in [0.4, 0.5) is 0 Å². The molecule has 1 unspecified atom stereocenters. The normalized spacial score (nSPS) is 12.7. The van der Waals surface area contributed by atoms with E-state index in [0.717, 1.165) is 10.9 Å². The summed E-state index contributed by atoms with van der Waals surface area (Å²) in [5, 5.41) is 3.83. The van der Waals surface area contributed by atoms with Crippen molar-refractivity contribution in [1.82, 2.24) is 15.1 Å². The van der Waals surface area contributed by atoms with Gasteiger partial charge in [0.2, 0.25) is 0 Å². The first kappa shape index (κ1) is 11.2. The minimum atomic E-state index is -0.194. The van der Waals surface area contributed by atoms with Gasteiger partial charge in [0, 0.05) is 10.7 Å². The molecule has 0 aliphatic carbocycles. The molecule has 2 aromatic heterocycles. The van der Waals surface area contributed by atoms with Gasteiger partial charge in [0.1, 0.15) is 5.69 Å². The highest BCUT2D eigenvalue weighted by Gasteiger charge is 2.16. The standard InChI is InChI=1S/C10H11BrN4O/c1-2-7(12)9-14-10(16-15-9)8-6(11)4-3-5-13-8/h3-5,7H,2,12H2,1H3. The quantitative estimate of drug-likeness (QED) is 0.935. The Balaban J connectivity index is 2.35. The van der Waals surface area contributed by atoms with E-state index >= 15 is 0 Å². The molecule has 2 N–H and O–H groups in total. The first-order valence-corrected chi connectivity index (χ1v) is 5.71. The zero-order valence-electron chi connectivity index (χ0n) is 8.72. The van der Waals surface area contributed by atoms with Gasteiger partial charge in [0.05, 0.1) is 6.04 Å². The van der Waals surface area contributed by atoms with Crippen LogP contribution >= 0.6 is 15.9 Å². The molecule has 0 aromatic carbocycles. The van der Waals surface area contributed by atoms with Crippen LogP contribution in [0.1, 0.15) is 25.2 Å². The number of rotatable bonds is 3. The monoisotopic (exact) mass is 282 g/mol. The molecule has 84 valence electrons. The van der Waals surface area contributed by atoms with Crippen molar-refractivity contribution in [3.8, 4) is 11.6 Å². The average Bonchev–Trinajstić information content (AvgIpc) is 2.78. The molecule has 0 bridgehead atoms. The van der Waals surface area contributed by atoms with Crippen molar-refractivity contribution in [2.24, 2.45) is 5.73 Å². The second kappa shape index (κ2) is 4.71. The number of halogens is 1. The lowest BCUT2D eigenvalue weighted by Crippen LogP contribution is -2.10. The lowest BCUT2D eigenvalue weighted by molar-refractivity contribution is 0.414. The van der Waals surface area contributed by atoms with Crippen molar-refractivity contribution >= 4 is 15.9 Å². The Bertz CT molecular complexity index is 485. The second-order valence-corrected chi connectivity index (χ2v) is 4.16. The van der Waals surface area contributed by atoms with E-state index in [-0.39, 0.29) is 6.04 Å². The molecule has 0 amide bonds. The number of nitrogens with zero attached hydrogens (tertiary/aromatic N) is 3. The number of hydrogen-bond donors (Lipinski definition) is 1. The van der Waals surface area contributed by atoms with Crippen molar-refractivity contribution in [3.05, 3.63) is 28.6 Å². The van der Waals surface area contributed by atoms with Crippen molar-refractivity contribution in [3.63, 3.8) is 0 Å². The molecule has 0 spiro atoms. The molecule has 0 radical (unpaired) electrons. The topological polar surface area (TPSA) is 77.8 Å². The smallest absolute Gasteiger partial charge is 0.277 e. The maximum atomic E-state index is 5.81. The van der Waals surface area contributed by atoms with Crippen LogP contribution in [0.2, 0.25) is 0 Å². The SMILES string of the molecule is CCC(N)c1noc(-c2ncccc2Br)n1. The van der Waals surface area contributed by atoms with Crippen LogP contribution in [0.25, 0.3) is 11.6 Å². The van der Waals surface area contributed by atoms with Gasteiger partial charge in [-0.3, -0.25) is 0 Å². The number of aromatic nitrogens is 3. The van der Waals surface area contributed by atoms with Crippen molar-refractivity contribution in [1.29, 1.82) is 0 Å². The summed E-state index contributed by atoms with van der Waals surface area (Å²) in [6.45, 7) is 1.97. The average molecular weight is 283 g/mol. The zero-order chi connectivity index (χ0) is 11.5. The van der Waals surface area contributed by atoms with Gasteiger partial charge in [-0.15, -0.1) is 0 Å². The van der Waals surface area contributed by atoms with Crippen LogP contribution in [0, 0.1) is 0 Å². The van der Waals surface area contributed by atoms with E-state index < -0.39 is 0 Å². The third kappa shape index (κ3) is 2.12. The fourth-order valence-corrected chi connectivity index (χ4v) is 1.63. The molecule has 2 rings (SSSR count). The van der Waals surface area contributed by atoms with Gasteiger partial charge >= 0.3 is 0 Å². The highest BCUT2D eigenvalue weighted by molar-refractivity contribution is 9.10. The van der Waals surface area contributed by atoms with Gasteiger partial charge in [-0.05, 0) is 34.5 Å². The Morgan fingerprint density at radius 2 is 2.38 bits per heavy atom. The Labute approximate surface area is 101 Å². The summed E-state index contributed by atoms with van der Waals surface area (Å²) in [5.41, 5.74) is 6.44. The molecule has 2 heterocycles. The molecule has 0 saturated carbocycles. The lowest BCUT2D eigenvalue weighted by Gasteiger charge is -1.99. The summed E-state index contributed by atoms with van der Waals surface area (Å²) in [6.07, 6.45) is 2.44. The maximum Gasteiger partial charge on any atom is 0.277 e. The second-order valence-electron chi connectivity index (χ2n) is 3.31. The molecule has 16 heavy (non-hydrogen) atoms. The van der Waals surface area contributed by atoms with E-state index in [2.05, 4.69) is 31.1 Å². The minimum Gasteiger partial charge on any atom is -0.332 e. The van der Waals surface area contributed by atoms with Crippen molar-refractivity contribution < 1.29 is 4.52 Å². The van der Waals surface area contributed by atoms with Crippen LogP contribution in [0.15, 0.2) is 27.3 Å². The molecular formula is C10H11BrN4O. The molecule has 0 aliphatic rings. The van der Waals surface area contributed by atoms with Crippen LogP contribution in [-0.4, -0.2) is 15.1 Å². The Kier molecular flexibility index (Phi) is 3.31. The predicted octanol–water partition coefficient (Wildman–Crippen LogP) is 2.30. The van der Waals surface area contributed by atoms with E-state index in [1.807, 2.05) is 19.1 Å². The van der Waals surface area contributed by atoms with E-state index in [0.29, 0.717) is 17.4 Å². The predicted molar refractivity (Wildman–Crippen MR) is 62.4 cm³/mol. The molecule has 6 heteroatoms. The summed E-state index contributed by atoms with van der Waals surface area (Å²) in [7, 11) is 0. The molecule has 0 fully saturated rings. The van der Waals surface area contributed by atoms with E-state index in [4.69, 9.17) is 10.3 Å². The van der Waals surface area contributed by atoms with E-state index in [1.165, 1.54) is 0 Å². The highest BCUT2D eigenvalue weighted by atomic mass is 79.9. The van der Waals surface area contributed by atoms with E-state index in [9.17, 15) is 0 Å². The van der Waals surface area contributed by atoms with Gasteiger partial charge in [-0.2, -0.15) is 4.98 Å². The largest absolute Gasteiger partial charge is 0.332 e. The molecule has 5 nitrogen and oxygen atoms in total. The van der Waals surface area contributed by atoms with Gasteiger partial charge in [0.25, 0.3) is 5.89 Å². The Morgan fingerprint density at radius 3 is 3.06 bits per heavy atom. The Morgan fingerprint density at radius 1 is 1.56 bits per heavy atom. The summed E-state index contributed by atoms with van der Waals surface area (Å²) in [5.74, 6) is 0.890. The van der Waals surface area contributed by atoms with E-state index in [1.54, 1.807) is 6.20 Å². The zero-order valence-corrected chi connectivity index (χ0v) is 10.3.